The summed E-state index contributed by atoms with van der Waals surface area (Å²) in [6.45, 7) is 10.3. The predicted octanol–water partition coefficient (Wildman–Crippen LogP) is 5.06. The Kier molecular flexibility index (Phi) is 8.85. The standard InChI is InChI=1S/C15H24/c1-5-6-7-8-9-12-15(4)13-10-11-14(2)3/h6-11,15H,2,5,12-13H2,1,3-4H3. The molecule has 0 rings (SSSR count). The van der Waals surface area contributed by atoms with E-state index in [1.54, 1.807) is 0 Å². The van der Waals surface area contributed by atoms with Gasteiger partial charge < -0.3 is 0 Å². The quantitative estimate of drug-likeness (QED) is 0.509. The molecule has 1 atom stereocenters. The lowest BCUT2D eigenvalue weighted by Crippen LogP contribution is -1.89. The summed E-state index contributed by atoms with van der Waals surface area (Å²) in [5.41, 5.74) is 1.13. The van der Waals surface area contributed by atoms with Crippen LogP contribution < -0.4 is 0 Å². The fraction of sp³-hybridized carbons (Fsp3) is 0.467. The minimum absolute atomic E-state index is 0.715. The zero-order valence-corrected chi connectivity index (χ0v) is 10.4. The third kappa shape index (κ3) is 10.9. The lowest BCUT2D eigenvalue weighted by atomic mass is 10.0. The second kappa shape index (κ2) is 9.51. The average molecular weight is 204 g/mol. The van der Waals surface area contributed by atoms with Gasteiger partial charge in [-0.3, -0.25) is 0 Å². The van der Waals surface area contributed by atoms with Crippen LogP contribution in [0.5, 0.6) is 0 Å². The van der Waals surface area contributed by atoms with Gasteiger partial charge in [0.2, 0.25) is 0 Å². The predicted molar refractivity (Wildman–Crippen MR) is 70.9 cm³/mol. The van der Waals surface area contributed by atoms with Crippen LogP contribution >= 0.6 is 0 Å². The van der Waals surface area contributed by atoms with Crippen molar-refractivity contribution in [2.24, 2.45) is 5.92 Å². The number of rotatable bonds is 7. The Morgan fingerprint density at radius 2 is 1.73 bits per heavy atom. The van der Waals surface area contributed by atoms with Crippen molar-refractivity contribution in [3.05, 3.63) is 48.6 Å². The van der Waals surface area contributed by atoms with Crippen molar-refractivity contribution in [1.82, 2.24) is 0 Å². The lowest BCUT2D eigenvalue weighted by Gasteiger charge is -2.03. The molecule has 0 heterocycles. The van der Waals surface area contributed by atoms with Crippen molar-refractivity contribution in [3.63, 3.8) is 0 Å². The minimum atomic E-state index is 0.715. The van der Waals surface area contributed by atoms with E-state index in [1.165, 1.54) is 0 Å². The van der Waals surface area contributed by atoms with Gasteiger partial charge in [0.1, 0.15) is 0 Å². The Hall–Kier alpha value is -1.04. The minimum Gasteiger partial charge on any atom is -0.0961 e. The fourth-order valence-electron chi connectivity index (χ4n) is 1.20. The molecule has 0 aliphatic carbocycles. The van der Waals surface area contributed by atoms with Crippen LogP contribution in [0.1, 0.15) is 40.0 Å². The van der Waals surface area contributed by atoms with Crippen molar-refractivity contribution < 1.29 is 0 Å². The van der Waals surface area contributed by atoms with E-state index in [0.29, 0.717) is 5.92 Å². The van der Waals surface area contributed by atoms with Gasteiger partial charge in [-0.2, -0.15) is 0 Å². The maximum atomic E-state index is 3.84. The van der Waals surface area contributed by atoms with E-state index < -0.39 is 0 Å². The van der Waals surface area contributed by atoms with E-state index in [-0.39, 0.29) is 0 Å². The highest BCUT2D eigenvalue weighted by atomic mass is 14.0. The van der Waals surface area contributed by atoms with Gasteiger partial charge in [0.05, 0.1) is 0 Å². The maximum absolute atomic E-state index is 3.84. The first-order valence-corrected chi connectivity index (χ1v) is 5.80. The van der Waals surface area contributed by atoms with E-state index in [0.717, 1.165) is 24.8 Å². The number of hydrogen-bond acceptors (Lipinski definition) is 0. The van der Waals surface area contributed by atoms with Gasteiger partial charge in [-0.15, -0.1) is 0 Å². The van der Waals surface area contributed by atoms with Crippen molar-refractivity contribution in [1.29, 1.82) is 0 Å². The first kappa shape index (κ1) is 14.0. The molecule has 0 aromatic carbocycles. The SMILES string of the molecule is C=C(C)C=CCC(C)CC=CC=CCC. The average Bonchev–Trinajstić information content (AvgIpc) is 2.17. The molecule has 0 nitrogen and oxygen atoms in total. The van der Waals surface area contributed by atoms with E-state index in [9.17, 15) is 0 Å². The van der Waals surface area contributed by atoms with Crippen molar-refractivity contribution >= 4 is 0 Å². The highest BCUT2D eigenvalue weighted by molar-refractivity contribution is 5.11. The third-order valence-electron chi connectivity index (χ3n) is 2.10. The lowest BCUT2D eigenvalue weighted by molar-refractivity contribution is 0.603. The van der Waals surface area contributed by atoms with Crippen LogP contribution in [0.3, 0.4) is 0 Å². The first-order valence-electron chi connectivity index (χ1n) is 5.80. The van der Waals surface area contributed by atoms with E-state index in [4.69, 9.17) is 0 Å². The molecule has 15 heavy (non-hydrogen) atoms. The smallest absolute Gasteiger partial charge is 0.0319 e. The van der Waals surface area contributed by atoms with Crippen LogP contribution in [-0.2, 0) is 0 Å². The summed E-state index contributed by atoms with van der Waals surface area (Å²) in [5, 5.41) is 0. The van der Waals surface area contributed by atoms with Gasteiger partial charge in [0, 0.05) is 0 Å². The van der Waals surface area contributed by atoms with E-state index in [2.05, 4.69) is 56.9 Å². The summed E-state index contributed by atoms with van der Waals surface area (Å²) in [5.74, 6) is 0.715. The molecule has 0 saturated heterocycles. The topological polar surface area (TPSA) is 0 Å². The fourth-order valence-corrected chi connectivity index (χ4v) is 1.20. The first-order chi connectivity index (χ1) is 7.16. The summed E-state index contributed by atoms with van der Waals surface area (Å²) >= 11 is 0. The van der Waals surface area contributed by atoms with Gasteiger partial charge in [0.15, 0.2) is 0 Å². The molecule has 0 bridgehead atoms. The highest BCUT2D eigenvalue weighted by Gasteiger charge is 1.94. The van der Waals surface area contributed by atoms with Gasteiger partial charge in [-0.05, 0) is 32.1 Å². The van der Waals surface area contributed by atoms with Crippen LogP contribution in [0.25, 0.3) is 0 Å². The molecule has 0 saturated carbocycles. The molecule has 0 aromatic heterocycles. The highest BCUT2D eigenvalue weighted by Crippen LogP contribution is 2.09. The zero-order valence-electron chi connectivity index (χ0n) is 10.4. The third-order valence-corrected chi connectivity index (χ3v) is 2.10. The van der Waals surface area contributed by atoms with Crippen molar-refractivity contribution in [2.45, 2.75) is 40.0 Å². The van der Waals surface area contributed by atoms with Crippen molar-refractivity contribution in [3.8, 4) is 0 Å². The Balaban J connectivity index is 3.65. The van der Waals surface area contributed by atoms with Gasteiger partial charge in [-0.1, -0.05) is 62.5 Å². The molecule has 0 fully saturated rings. The molecule has 0 spiro atoms. The molecule has 0 radical (unpaired) electrons. The molecule has 0 aromatic rings. The van der Waals surface area contributed by atoms with Crippen LogP contribution in [0, 0.1) is 5.92 Å². The number of allylic oxidation sites excluding steroid dienone is 7. The summed E-state index contributed by atoms with van der Waals surface area (Å²) in [4.78, 5) is 0. The summed E-state index contributed by atoms with van der Waals surface area (Å²) in [6.07, 6.45) is 16.4. The molecule has 84 valence electrons. The van der Waals surface area contributed by atoms with Gasteiger partial charge in [-0.25, -0.2) is 0 Å². The Labute approximate surface area is 95.1 Å². The summed E-state index contributed by atoms with van der Waals surface area (Å²) in [6, 6.07) is 0. The zero-order chi connectivity index (χ0) is 11.5. The molecule has 1 unspecified atom stereocenters. The Morgan fingerprint density at radius 3 is 2.33 bits per heavy atom. The molecular formula is C15H24. The molecule has 0 heteroatoms. The summed E-state index contributed by atoms with van der Waals surface area (Å²) < 4.78 is 0. The molecular weight excluding hydrogens is 180 g/mol. The van der Waals surface area contributed by atoms with Gasteiger partial charge in [0.25, 0.3) is 0 Å². The van der Waals surface area contributed by atoms with Gasteiger partial charge >= 0.3 is 0 Å². The van der Waals surface area contributed by atoms with Crippen LogP contribution in [0.2, 0.25) is 0 Å². The normalized spacial score (nSPS) is 14.3. The Morgan fingerprint density at radius 1 is 1.13 bits per heavy atom. The van der Waals surface area contributed by atoms with E-state index in [1.807, 2.05) is 6.92 Å². The molecule has 0 aliphatic heterocycles. The second-order valence-corrected chi connectivity index (χ2v) is 4.09. The summed E-state index contributed by atoms with van der Waals surface area (Å²) in [7, 11) is 0. The van der Waals surface area contributed by atoms with Crippen LogP contribution in [0.15, 0.2) is 48.6 Å². The monoisotopic (exact) mass is 204 g/mol. The Bertz CT molecular complexity index is 241. The molecule has 0 N–H and O–H groups in total. The molecule has 0 aliphatic rings. The van der Waals surface area contributed by atoms with E-state index >= 15 is 0 Å². The largest absolute Gasteiger partial charge is 0.0961 e. The second-order valence-electron chi connectivity index (χ2n) is 4.09. The maximum Gasteiger partial charge on any atom is -0.0319 e. The number of hydrogen-bond donors (Lipinski definition) is 0. The van der Waals surface area contributed by atoms with Crippen molar-refractivity contribution in [2.75, 3.05) is 0 Å². The molecule has 0 amide bonds. The van der Waals surface area contributed by atoms with Crippen LogP contribution in [-0.4, -0.2) is 0 Å². The van der Waals surface area contributed by atoms with Crippen LogP contribution in [0.4, 0.5) is 0 Å².